The topological polar surface area (TPSA) is 180 Å². The molecule has 0 spiro atoms. The molecule has 4 unspecified atom stereocenters. The van der Waals surface area contributed by atoms with E-state index in [0.29, 0.717) is 24.7 Å². The summed E-state index contributed by atoms with van der Waals surface area (Å²) in [6.45, 7) is 1.14. The van der Waals surface area contributed by atoms with Crippen molar-refractivity contribution in [2.24, 2.45) is 0 Å². The van der Waals surface area contributed by atoms with Gasteiger partial charge in [-0.2, -0.15) is 0 Å². The van der Waals surface area contributed by atoms with Gasteiger partial charge in [-0.05, 0) is 59.1 Å². The first kappa shape index (κ1) is 39.6. The van der Waals surface area contributed by atoms with Gasteiger partial charge in [0.05, 0.1) is 35.9 Å². The molecule has 14 heteroatoms. The standard InChI is InChI=1S/C46H48N10O4/c1-47-45(59)53-39(33-11-5-3-6-12-33)43(57)55-25-9-15-37(55)41-49-27-35(51-41)31-21-17-29(18-22-31)30-19-23-32(24-20-30)36-28-50-42(52-36)38-16-10-26-56(38)44(58)40(54-46(60)48-2)34-13-7-4-8-14-34/h3-8,11-14,17-24,27-28,37-40H,9-10,15-16,25-26H2,1-2H3,(H,49,51)(H,50,52)(H2,47,53,59)(H2,48,54,60). The quantitative estimate of drug-likeness (QED) is 0.0838. The second-order valence-corrected chi connectivity index (χ2v) is 15.0. The second-order valence-electron chi connectivity index (χ2n) is 15.0. The maximum absolute atomic E-state index is 13.9. The molecule has 4 aromatic carbocycles. The summed E-state index contributed by atoms with van der Waals surface area (Å²) in [5.74, 6) is 1.08. The van der Waals surface area contributed by atoms with Gasteiger partial charge in [-0.3, -0.25) is 9.59 Å². The van der Waals surface area contributed by atoms with Crippen molar-refractivity contribution in [3.8, 4) is 33.6 Å². The lowest BCUT2D eigenvalue weighted by molar-refractivity contribution is -0.135. The van der Waals surface area contributed by atoms with Gasteiger partial charge in [0, 0.05) is 27.2 Å². The number of urea groups is 2. The van der Waals surface area contributed by atoms with Gasteiger partial charge in [-0.25, -0.2) is 19.6 Å². The average molecular weight is 805 g/mol. The Morgan fingerprint density at radius 1 is 0.550 bits per heavy atom. The van der Waals surface area contributed by atoms with Crippen molar-refractivity contribution in [2.75, 3.05) is 27.2 Å². The number of imidazole rings is 2. The van der Waals surface area contributed by atoms with Crippen LogP contribution in [0.3, 0.4) is 0 Å². The maximum atomic E-state index is 13.9. The Labute approximate surface area is 348 Å². The van der Waals surface area contributed by atoms with Crippen LogP contribution in [0.4, 0.5) is 9.59 Å². The Morgan fingerprint density at radius 2 is 0.917 bits per heavy atom. The molecular weight excluding hydrogens is 757 g/mol. The Bertz CT molecular complexity index is 2260. The summed E-state index contributed by atoms with van der Waals surface area (Å²) in [5, 5.41) is 10.8. The largest absolute Gasteiger partial charge is 0.341 e. The van der Waals surface area contributed by atoms with Crippen LogP contribution in [0, 0.1) is 0 Å². The van der Waals surface area contributed by atoms with Gasteiger partial charge in [-0.15, -0.1) is 0 Å². The van der Waals surface area contributed by atoms with E-state index in [2.05, 4.69) is 79.8 Å². The van der Waals surface area contributed by atoms with E-state index in [1.165, 1.54) is 14.1 Å². The summed E-state index contributed by atoms with van der Waals surface area (Å²) in [4.78, 5) is 72.5. The highest BCUT2D eigenvalue weighted by molar-refractivity contribution is 5.89. The van der Waals surface area contributed by atoms with E-state index in [-0.39, 0.29) is 23.9 Å². The molecule has 8 rings (SSSR count). The van der Waals surface area contributed by atoms with E-state index in [4.69, 9.17) is 9.97 Å². The van der Waals surface area contributed by atoms with Gasteiger partial charge in [0.2, 0.25) is 11.8 Å². The minimum Gasteiger partial charge on any atom is -0.341 e. The number of aromatic amines is 2. The molecule has 2 fully saturated rings. The Balaban J connectivity index is 0.928. The number of hydrogen-bond acceptors (Lipinski definition) is 6. The molecular formula is C46H48N10O4. The van der Waals surface area contributed by atoms with Gasteiger partial charge in [0.25, 0.3) is 0 Å². The van der Waals surface area contributed by atoms with Gasteiger partial charge < -0.3 is 41.0 Å². The maximum Gasteiger partial charge on any atom is 0.315 e. The summed E-state index contributed by atoms with van der Waals surface area (Å²) >= 11 is 0. The number of amides is 6. The molecule has 14 nitrogen and oxygen atoms in total. The molecule has 4 heterocycles. The van der Waals surface area contributed by atoms with E-state index in [9.17, 15) is 19.2 Å². The first-order valence-corrected chi connectivity index (χ1v) is 20.3. The smallest absolute Gasteiger partial charge is 0.315 e. The summed E-state index contributed by atoms with van der Waals surface area (Å²) in [6.07, 6.45) is 6.80. The van der Waals surface area contributed by atoms with Crippen LogP contribution in [-0.4, -0.2) is 80.8 Å². The van der Waals surface area contributed by atoms with Crippen molar-refractivity contribution in [1.82, 2.24) is 51.0 Å². The monoisotopic (exact) mass is 804 g/mol. The highest BCUT2D eigenvalue weighted by Gasteiger charge is 2.38. The molecule has 6 N–H and O–H groups in total. The number of aromatic nitrogens is 4. The number of carbonyl (C=O) groups excluding carboxylic acids is 4. The molecule has 2 aliphatic heterocycles. The zero-order valence-electron chi connectivity index (χ0n) is 33.5. The molecule has 6 amide bonds. The van der Waals surface area contributed by atoms with Crippen molar-refractivity contribution in [3.63, 3.8) is 0 Å². The molecule has 4 atom stereocenters. The zero-order chi connectivity index (χ0) is 41.6. The van der Waals surface area contributed by atoms with Crippen LogP contribution in [0.5, 0.6) is 0 Å². The van der Waals surface area contributed by atoms with Crippen molar-refractivity contribution in [3.05, 3.63) is 144 Å². The number of hydrogen-bond donors (Lipinski definition) is 6. The number of benzene rings is 4. The van der Waals surface area contributed by atoms with Gasteiger partial charge in [-0.1, -0.05) is 109 Å². The van der Waals surface area contributed by atoms with Crippen molar-refractivity contribution in [2.45, 2.75) is 49.9 Å². The minimum absolute atomic E-state index is 0.175. The van der Waals surface area contributed by atoms with Gasteiger partial charge in [0.15, 0.2) is 0 Å². The van der Waals surface area contributed by atoms with Crippen LogP contribution in [0.2, 0.25) is 0 Å². The van der Waals surface area contributed by atoms with Crippen LogP contribution in [0.1, 0.15) is 72.6 Å². The number of nitrogens with zero attached hydrogens (tertiary/aromatic N) is 4. The third kappa shape index (κ3) is 8.35. The van der Waals surface area contributed by atoms with E-state index < -0.39 is 24.1 Å². The Hall–Kier alpha value is -7.22. The number of carbonyl (C=O) groups is 4. The predicted octanol–water partition coefficient (Wildman–Crippen LogP) is 6.80. The predicted molar refractivity (Wildman–Crippen MR) is 228 cm³/mol. The number of nitrogens with one attached hydrogen (secondary N) is 6. The van der Waals surface area contributed by atoms with E-state index in [1.807, 2.05) is 70.5 Å². The molecule has 0 radical (unpaired) electrons. The molecule has 60 heavy (non-hydrogen) atoms. The molecule has 6 aromatic rings. The molecule has 0 aliphatic carbocycles. The van der Waals surface area contributed by atoms with Crippen LogP contribution >= 0.6 is 0 Å². The zero-order valence-corrected chi connectivity index (χ0v) is 33.5. The minimum atomic E-state index is -0.820. The first-order chi connectivity index (χ1) is 29.3. The second kappa shape index (κ2) is 17.7. The van der Waals surface area contributed by atoms with E-state index in [1.54, 1.807) is 12.4 Å². The van der Waals surface area contributed by atoms with Crippen LogP contribution in [0.25, 0.3) is 33.6 Å². The number of H-pyrrole nitrogens is 2. The normalized spacial score (nSPS) is 17.2. The summed E-state index contributed by atoms with van der Waals surface area (Å²) in [5.41, 5.74) is 7.18. The summed E-state index contributed by atoms with van der Waals surface area (Å²) in [7, 11) is 3.06. The number of rotatable bonds is 11. The first-order valence-electron chi connectivity index (χ1n) is 20.3. The van der Waals surface area contributed by atoms with Gasteiger partial charge in [0.1, 0.15) is 23.7 Å². The van der Waals surface area contributed by atoms with Crippen molar-refractivity contribution < 1.29 is 19.2 Å². The molecule has 2 aromatic heterocycles. The van der Waals surface area contributed by atoms with Gasteiger partial charge >= 0.3 is 12.1 Å². The highest BCUT2D eigenvalue weighted by atomic mass is 16.2. The van der Waals surface area contributed by atoms with Crippen LogP contribution in [-0.2, 0) is 9.59 Å². The molecule has 0 saturated carbocycles. The average Bonchev–Trinajstić information content (AvgIpc) is 4.15. The Kier molecular flexibility index (Phi) is 11.7. The van der Waals surface area contributed by atoms with Crippen LogP contribution < -0.4 is 21.3 Å². The number of likely N-dealkylation sites (tertiary alicyclic amines) is 2. The molecule has 0 bridgehead atoms. The van der Waals surface area contributed by atoms with Crippen LogP contribution in [0.15, 0.2) is 122 Å². The molecule has 2 saturated heterocycles. The Morgan fingerprint density at radius 3 is 1.28 bits per heavy atom. The lowest BCUT2D eigenvalue weighted by Crippen LogP contribution is -2.45. The lowest BCUT2D eigenvalue weighted by Gasteiger charge is -2.28. The van der Waals surface area contributed by atoms with E-state index in [0.717, 1.165) is 70.5 Å². The fourth-order valence-electron chi connectivity index (χ4n) is 8.22. The van der Waals surface area contributed by atoms with Crippen molar-refractivity contribution in [1.29, 1.82) is 0 Å². The lowest BCUT2D eigenvalue weighted by atomic mass is 10.0. The highest BCUT2D eigenvalue weighted by Crippen LogP contribution is 2.36. The molecule has 2 aliphatic rings. The SMILES string of the molecule is CNC(=O)NC(C(=O)N1CCCC1c1ncc(-c2ccc(-c3ccc(-c4cnc(C5CCCN5C(=O)C(NC(=O)NC)c5ccccc5)[nH]4)cc3)cc2)[nH]1)c1ccccc1. The fourth-order valence-corrected chi connectivity index (χ4v) is 8.22. The van der Waals surface area contributed by atoms with Crippen molar-refractivity contribution >= 4 is 23.9 Å². The third-order valence-electron chi connectivity index (χ3n) is 11.4. The van der Waals surface area contributed by atoms with E-state index >= 15 is 0 Å². The third-order valence-corrected chi connectivity index (χ3v) is 11.4. The fraction of sp³-hybridized carbons (Fsp3) is 0.261. The summed E-state index contributed by atoms with van der Waals surface area (Å²) < 4.78 is 0. The summed E-state index contributed by atoms with van der Waals surface area (Å²) in [6, 6.07) is 32.1. The molecule has 306 valence electrons.